The molecule has 0 fully saturated rings. The molecule has 4 heteroatoms. The van der Waals surface area contributed by atoms with Gasteiger partial charge in [-0.1, -0.05) is 32.9 Å². The molecule has 81 valence electrons. The van der Waals surface area contributed by atoms with E-state index in [0.717, 1.165) is 5.56 Å². The fraction of sp³-hybridized carbons (Fsp3) is 0.455. The molecule has 0 N–H and O–H groups in total. The summed E-state index contributed by atoms with van der Waals surface area (Å²) >= 11 is 0. The van der Waals surface area contributed by atoms with Crippen LogP contribution in [0.15, 0.2) is 24.3 Å². The fourth-order valence-electron chi connectivity index (χ4n) is 1.36. The summed E-state index contributed by atoms with van der Waals surface area (Å²) in [5.74, 6) is 0. The molecule has 0 aromatic heterocycles. The molecule has 0 aliphatic heterocycles. The topological polar surface area (TPSA) is 43.1 Å². The average Bonchev–Trinajstić information content (AvgIpc) is 2.15. The minimum atomic E-state index is -0.345. The Morgan fingerprint density at radius 2 is 2.00 bits per heavy atom. The van der Waals surface area contributed by atoms with Crippen LogP contribution >= 0.6 is 0 Å². The number of nitro groups is 1. The van der Waals surface area contributed by atoms with Crippen LogP contribution in [0.3, 0.4) is 0 Å². The second-order valence-electron chi connectivity index (χ2n) is 4.77. The summed E-state index contributed by atoms with van der Waals surface area (Å²) in [7, 11) is 1.88. The highest BCUT2D eigenvalue weighted by Crippen LogP contribution is 2.33. The third kappa shape index (κ3) is 2.89. The second kappa shape index (κ2) is 4.14. The summed E-state index contributed by atoms with van der Waals surface area (Å²) in [5, 5.41) is 10.6. The molecule has 1 rings (SSSR count). The van der Waals surface area contributed by atoms with E-state index in [2.05, 4.69) is 20.8 Å². The number of benzene rings is 1. The third-order valence-electron chi connectivity index (χ3n) is 2.53. The molecule has 0 heterocycles. The number of nitrogens with zero attached hydrogens (tertiary/aromatic N) is 1. The van der Waals surface area contributed by atoms with Gasteiger partial charge in [0.25, 0.3) is 5.69 Å². The Morgan fingerprint density at radius 1 is 1.40 bits per heavy atom. The Balaban J connectivity index is 3.06. The van der Waals surface area contributed by atoms with Crippen molar-refractivity contribution in [3.8, 4) is 0 Å². The highest BCUT2D eigenvalue weighted by Gasteiger charge is 2.22. The van der Waals surface area contributed by atoms with Crippen LogP contribution in [0, 0.1) is 15.5 Å². The number of rotatable bonds is 2. The van der Waals surface area contributed by atoms with Crippen molar-refractivity contribution in [3.05, 3.63) is 39.9 Å². The SMILES string of the molecule is CC(C)(C)C([SiH2])c1cccc([N+](=O)[O-])c1. The first kappa shape index (κ1) is 11.9. The second-order valence-corrected chi connectivity index (χ2v) is 5.59. The van der Waals surface area contributed by atoms with Crippen LogP contribution in [-0.2, 0) is 0 Å². The minimum absolute atomic E-state index is 0.133. The summed E-state index contributed by atoms with van der Waals surface area (Å²) in [5.41, 5.74) is 1.68. The van der Waals surface area contributed by atoms with Crippen LogP contribution in [0.2, 0.25) is 0 Å². The van der Waals surface area contributed by atoms with E-state index in [1.807, 2.05) is 16.3 Å². The lowest BCUT2D eigenvalue weighted by atomic mass is 9.87. The molecule has 0 bridgehead atoms. The van der Waals surface area contributed by atoms with Crippen LogP contribution in [0.4, 0.5) is 5.69 Å². The van der Waals surface area contributed by atoms with Crippen molar-refractivity contribution in [1.29, 1.82) is 0 Å². The lowest BCUT2D eigenvalue weighted by molar-refractivity contribution is -0.384. The van der Waals surface area contributed by atoms with Gasteiger partial charge in [-0.05, 0) is 16.5 Å². The lowest BCUT2D eigenvalue weighted by Gasteiger charge is -2.27. The number of nitro benzene ring substituents is 1. The van der Waals surface area contributed by atoms with Crippen molar-refractivity contribution in [3.63, 3.8) is 0 Å². The maximum Gasteiger partial charge on any atom is 0.269 e. The van der Waals surface area contributed by atoms with Crippen molar-refractivity contribution < 1.29 is 4.92 Å². The molecule has 0 saturated carbocycles. The molecule has 0 aliphatic rings. The van der Waals surface area contributed by atoms with E-state index in [1.165, 1.54) is 6.07 Å². The monoisotopic (exact) mass is 222 g/mol. The van der Waals surface area contributed by atoms with E-state index in [-0.39, 0.29) is 16.0 Å². The van der Waals surface area contributed by atoms with Crippen LogP contribution in [0.1, 0.15) is 31.9 Å². The molecule has 0 amide bonds. The molecule has 1 unspecified atom stereocenters. The van der Waals surface area contributed by atoms with Gasteiger partial charge in [0.2, 0.25) is 0 Å². The van der Waals surface area contributed by atoms with Crippen LogP contribution in [0.25, 0.3) is 0 Å². The maximum absolute atomic E-state index is 10.6. The Labute approximate surface area is 93.1 Å². The van der Waals surface area contributed by atoms with Gasteiger partial charge in [-0.3, -0.25) is 10.1 Å². The standard InChI is InChI=1S/C11H16NO2Si/c1-11(2,3)10(15)8-5-4-6-9(7-8)12(13)14/h4-7,10H,15H2,1-3H3. The van der Waals surface area contributed by atoms with E-state index in [0.29, 0.717) is 5.54 Å². The predicted octanol–water partition coefficient (Wildman–Crippen LogP) is 2.32. The Hall–Kier alpha value is -1.16. The highest BCUT2D eigenvalue weighted by molar-refractivity contribution is 6.13. The fourth-order valence-corrected chi connectivity index (χ4v) is 1.61. The van der Waals surface area contributed by atoms with E-state index in [1.54, 1.807) is 12.1 Å². The van der Waals surface area contributed by atoms with Gasteiger partial charge in [-0.15, -0.1) is 0 Å². The zero-order chi connectivity index (χ0) is 11.6. The van der Waals surface area contributed by atoms with Gasteiger partial charge in [-0.2, -0.15) is 0 Å². The quantitative estimate of drug-likeness (QED) is 0.438. The summed E-state index contributed by atoms with van der Waals surface area (Å²) in [4.78, 5) is 10.3. The highest BCUT2D eigenvalue weighted by atomic mass is 28.1. The molecule has 0 spiro atoms. The summed E-state index contributed by atoms with van der Waals surface area (Å²) in [6.07, 6.45) is 0. The third-order valence-corrected chi connectivity index (χ3v) is 4.22. The molecular formula is C11H16NO2Si. The summed E-state index contributed by atoms with van der Waals surface area (Å²) in [6.45, 7) is 6.43. The van der Waals surface area contributed by atoms with Crippen LogP contribution in [-0.4, -0.2) is 15.2 Å². The van der Waals surface area contributed by atoms with Crippen LogP contribution < -0.4 is 0 Å². The Morgan fingerprint density at radius 3 is 2.47 bits per heavy atom. The number of hydrogen-bond donors (Lipinski definition) is 0. The molecule has 15 heavy (non-hydrogen) atoms. The van der Waals surface area contributed by atoms with Gasteiger partial charge in [0.05, 0.1) is 4.92 Å². The van der Waals surface area contributed by atoms with Crippen molar-refractivity contribution in [2.45, 2.75) is 26.3 Å². The Kier molecular flexibility index (Phi) is 3.29. The number of non-ortho nitro benzene ring substituents is 1. The number of hydrogen-bond acceptors (Lipinski definition) is 2. The first-order valence-electron chi connectivity index (χ1n) is 4.90. The van der Waals surface area contributed by atoms with Crippen molar-refractivity contribution in [2.24, 2.45) is 5.41 Å². The minimum Gasteiger partial charge on any atom is -0.258 e. The van der Waals surface area contributed by atoms with E-state index < -0.39 is 0 Å². The van der Waals surface area contributed by atoms with Crippen molar-refractivity contribution >= 4 is 15.9 Å². The molecule has 3 nitrogen and oxygen atoms in total. The van der Waals surface area contributed by atoms with Crippen molar-refractivity contribution in [1.82, 2.24) is 0 Å². The molecule has 0 saturated heterocycles. The van der Waals surface area contributed by atoms with E-state index in [9.17, 15) is 10.1 Å². The van der Waals surface area contributed by atoms with E-state index >= 15 is 0 Å². The molecule has 1 atom stereocenters. The van der Waals surface area contributed by atoms with Gasteiger partial charge in [-0.25, -0.2) is 0 Å². The molecule has 1 radical (unpaired) electrons. The van der Waals surface area contributed by atoms with Gasteiger partial charge in [0.1, 0.15) is 0 Å². The largest absolute Gasteiger partial charge is 0.269 e. The predicted molar refractivity (Wildman–Crippen MR) is 63.8 cm³/mol. The van der Waals surface area contributed by atoms with E-state index in [4.69, 9.17) is 0 Å². The zero-order valence-electron chi connectivity index (χ0n) is 9.36. The van der Waals surface area contributed by atoms with Gasteiger partial charge < -0.3 is 0 Å². The summed E-state index contributed by atoms with van der Waals surface area (Å²) < 4.78 is 0. The molecule has 1 aromatic carbocycles. The van der Waals surface area contributed by atoms with Gasteiger partial charge in [0, 0.05) is 22.4 Å². The molecular weight excluding hydrogens is 206 g/mol. The van der Waals surface area contributed by atoms with Gasteiger partial charge >= 0.3 is 0 Å². The average molecular weight is 222 g/mol. The Bertz CT molecular complexity index is 371. The normalized spacial score (nSPS) is 13.6. The first-order chi connectivity index (χ1) is 6.82. The first-order valence-corrected chi connectivity index (χ1v) is 5.71. The molecule has 0 aliphatic carbocycles. The zero-order valence-corrected chi connectivity index (χ0v) is 10.8. The lowest BCUT2D eigenvalue weighted by Crippen LogP contribution is -2.18. The summed E-state index contributed by atoms with van der Waals surface area (Å²) in [6, 6.07) is 6.90. The molecule has 1 aromatic rings. The maximum atomic E-state index is 10.6. The smallest absolute Gasteiger partial charge is 0.258 e. The van der Waals surface area contributed by atoms with Crippen LogP contribution in [0.5, 0.6) is 0 Å². The van der Waals surface area contributed by atoms with Gasteiger partial charge in [0.15, 0.2) is 0 Å². The van der Waals surface area contributed by atoms with Crippen molar-refractivity contribution in [2.75, 3.05) is 0 Å².